The van der Waals surface area contributed by atoms with Crippen molar-refractivity contribution in [2.45, 2.75) is 26.2 Å². The lowest BCUT2D eigenvalue weighted by molar-refractivity contribution is -0.138. The standard InChI is InChI=1S/C14H20ClNO2/c1-10(6-11(9-16)8-14(17)18)7-12-4-2-3-5-13(12)15/h2-5,10-11H,6-9,16H2,1H3,(H,17,18)/t10-,11-/m0/s1. The molecule has 4 heteroatoms. The van der Waals surface area contributed by atoms with E-state index in [0.717, 1.165) is 23.4 Å². The number of hydrogen-bond acceptors (Lipinski definition) is 2. The second-order valence-corrected chi connectivity index (χ2v) is 5.24. The Morgan fingerprint density at radius 3 is 2.67 bits per heavy atom. The fraction of sp³-hybridized carbons (Fsp3) is 0.500. The largest absolute Gasteiger partial charge is 0.481 e. The molecular formula is C14H20ClNO2. The normalized spacial score (nSPS) is 14.2. The number of benzene rings is 1. The van der Waals surface area contributed by atoms with E-state index in [2.05, 4.69) is 6.92 Å². The van der Waals surface area contributed by atoms with E-state index in [-0.39, 0.29) is 12.3 Å². The van der Waals surface area contributed by atoms with E-state index in [9.17, 15) is 4.79 Å². The van der Waals surface area contributed by atoms with Gasteiger partial charge in [-0.3, -0.25) is 4.79 Å². The highest BCUT2D eigenvalue weighted by Gasteiger charge is 2.16. The first kappa shape index (κ1) is 15.0. The van der Waals surface area contributed by atoms with Crippen LogP contribution in [0.3, 0.4) is 0 Å². The van der Waals surface area contributed by atoms with Crippen LogP contribution in [-0.4, -0.2) is 17.6 Å². The number of carboxylic acids is 1. The van der Waals surface area contributed by atoms with Gasteiger partial charge in [0.25, 0.3) is 0 Å². The van der Waals surface area contributed by atoms with Crippen LogP contribution in [-0.2, 0) is 11.2 Å². The molecule has 0 spiro atoms. The number of carbonyl (C=O) groups is 1. The van der Waals surface area contributed by atoms with E-state index in [4.69, 9.17) is 22.4 Å². The van der Waals surface area contributed by atoms with Crippen LogP contribution in [0.5, 0.6) is 0 Å². The number of halogens is 1. The second kappa shape index (κ2) is 7.39. The molecule has 100 valence electrons. The highest BCUT2D eigenvalue weighted by molar-refractivity contribution is 6.31. The van der Waals surface area contributed by atoms with Crippen LogP contribution >= 0.6 is 11.6 Å². The zero-order chi connectivity index (χ0) is 13.5. The third-order valence-corrected chi connectivity index (χ3v) is 3.43. The van der Waals surface area contributed by atoms with Crippen molar-refractivity contribution in [1.29, 1.82) is 0 Å². The molecule has 0 fully saturated rings. The summed E-state index contributed by atoms with van der Waals surface area (Å²) in [6, 6.07) is 7.75. The maximum absolute atomic E-state index is 10.7. The second-order valence-electron chi connectivity index (χ2n) is 4.84. The minimum Gasteiger partial charge on any atom is -0.481 e. The Labute approximate surface area is 113 Å². The molecule has 3 nitrogen and oxygen atoms in total. The quantitative estimate of drug-likeness (QED) is 0.800. The Morgan fingerprint density at radius 1 is 1.44 bits per heavy atom. The summed E-state index contributed by atoms with van der Waals surface area (Å²) in [5.74, 6) is -0.367. The van der Waals surface area contributed by atoms with E-state index >= 15 is 0 Å². The fourth-order valence-electron chi connectivity index (χ4n) is 2.20. The molecule has 0 radical (unpaired) electrons. The van der Waals surface area contributed by atoms with Gasteiger partial charge in [-0.15, -0.1) is 0 Å². The summed E-state index contributed by atoms with van der Waals surface area (Å²) in [6.45, 7) is 2.52. The predicted molar refractivity (Wildman–Crippen MR) is 73.7 cm³/mol. The molecule has 18 heavy (non-hydrogen) atoms. The molecule has 1 aromatic carbocycles. The van der Waals surface area contributed by atoms with Crippen LogP contribution in [0.15, 0.2) is 24.3 Å². The molecule has 3 N–H and O–H groups in total. The van der Waals surface area contributed by atoms with Crippen molar-refractivity contribution in [2.75, 3.05) is 6.54 Å². The fourth-order valence-corrected chi connectivity index (χ4v) is 2.41. The van der Waals surface area contributed by atoms with Crippen molar-refractivity contribution < 1.29 is 9.90 Å². The van der Waals surface area contributed by atoms with E-state index in [0.29, 0.717) is 12.5 Å². The maximum Gasteiger partial charge on any atom is 0.303 e. The van der Waals surface area contributed by atoms with Crippen molar-refractivity contribution >= 4 is 17.6 Å². The van der Waals surface area contributed by atoms with Crippen LogP contribution in [0.4, 0.5) is 0 Å². The number of nitrogens with two attached hydrogens (primary N) is 1. The van der Waals surface area contributed by atoms with Gasteiger partial charge in [0.15, 0.2) is 0 Å². The van der Waals surface area contributed by atoms with E-state index in [1.165, 1.54) is 0 Å². The molecule has 0 unspecified atom stereocenters. The van der Waals surface area contributed by atoms with Gasteiger partial charge >= 0.3 is 5.97 Å². The van der Waals surface area contributed by atoms with Gasteiger partial charge in [-0.1, -0.05) is 36.7 Å². The van der Waals surface area contributed by atoms with Crippen molar-refractivity contribution in [2.24, 2.45) is 17.6 Å². The highest BCUT2D eigenvalue weighted by Crippen LogP contribution is 2.23. The average Bonchev–Trinajstić information content (AvgIpc) is 2.30. The smallest absolute Gasteiger partial charge is 0.303 e. The first-order valence-corrected chi connectivity index (χ1v) is 6.56. The third kappa shape index (κ3) is 5.07. The summed E-state index contributed by atoms with van der Waals surface area (Å²) in [4.78, 5) is 10.7. The zero-order valence-electron chi connectivity index (χ0n) is 10.6. The zero-order valence-corrected chi connectivity index (χ0v) is 11.4. The molecule has 0 saturated heterocycles. The minimum absolute atomic E-state index is 0.0417. The van der Waals surface area contributed by atoms with Gasteiger partial charge in [-0.05, 0) is 42.9 Å². The van der Waals surface area contributed by atoms with Gasteiger partial charge in [0.1, 0.15) is 0 Å². The van der Waals surface area contributed by atoms with E-state index in [1.54, 1.807) is 0 Å². The Balaban J connectivity index is 2.52. The number of carboxylic acid groups (broad SMARTS) is 1. The Hall–Kier alpha value is -1.06. The lowest BCUT2D eigenvalue weighted by Gasteiger charge is -2.18. The van der Waals surface area contributed by atoms with Crippen LogP contribution in [0.2, 0.25) is 5.02 Å². The lowest BCUT2D eigenvalue weighted by Crippen LogP contribution is -2.21. The Morgan fingerprint density at radius 2 is 2.11 bits per heavy atom. The molecular weight excluding hydrogens is 250 g/mol. The number of hydrogen-bond donors (Lipinski definition) is 2. The molecule has 0 aromatic heterocycles. The molecule has 2 atom stereocenters. The van der Waals surface area contributed by atoms with Crippen molar-refractivity contribution in [3.05, 3.63) is 34.9 Å². The monoisotopic (exact) mass is 269 g/mol. The molecule has 0 bridgehead atoms. The summed E-state index contributed by atoms with van der Waals surface area (Å²) in [5.41, 5.74) is 6.71. The van der Waals surface area contributed by atoms with Gasteiger partial charge < -0.3 is 10.8 Å². The Bertz CT molecular complexity index is 395. The van der Waals surface area contributed by atoms with Crippen molar-refractivity contribution in [3.8, 4) is 0 Å². The molecule has 0 aliphatic rings. The van der Waals surface area contributed by atoms with Gasteiger partial charge in [0.05, 0.1) is 0 Å². The van der Waals surface area contributed by atoms with Gasteiger partial charge in [-0.25, -0.2) is 0 Å². The van der Waals surface area contributed by atoms with Crippen LogP contribution < -0.4 is 5.73 Å². The van der Waals surface area contributed by atoms with Crippen molar-refractivity contribution in [3.63, 3.8) is 0 Å². The topological polar surface area (TPSA) is 63.3 Å². The van der Waals surface area contributed by atoms with Crippen LogP contribution in [0.1, 0.15) is 25.3 Å². The molecule has 0 aliphatic carbocycles. The summed E-state index contributed by atoms with van der Waals surface area (Å²) < 4.78 is 0. The van der Waals surface area contributed by atoms with Gasteiger partial charge in [0.2, 0.25) is 0 Å². The maximum atomic E-state index is 10.7. The average molecular weight is 270 g/mol. The molecule has 0 aliphatic heterocycles. The van der Waals surface area contributed by atoms with Gasteiger partial charge in [0, 0.05) is 11.4 Å². The summed E-state index contributed by atoms with van der Waals surface area (Å²) in [6.07, 6.45) is 1.81. The Kier molecular flexibility index (Phi) is 6.16. The predicted octanol–water partition coefficient (Wildman–Crippen LogP) is 2.96. The first-order chi connectivity index (χ1) is 8.52. The molecule has 0 saturated carbocycles. The minimum atomic E-state index is -0.782. The lowest BCUT2D eigenvalue weighted by atomic mass is 9.89. The molecule has 0 heterocycles. The summed E-state index contributed by atoms with van der Waals surface area (Å²) >= 11 is 6.10. The van der Waals surface area contributed by atoms with Crippen molar-refractivity contribution in [1.82, 2.24) is 0 Å². The molecule has 1 aromatic rings. The molecule has 1 rings (SSSR count). The van der Waals surface area contributed by atoms with Crippen LogP contribution in [0, 0.1) is 11.8 Å². The van der Waals surface area contributed by atoms with Gasteiger partial charge in [-0.2, -0.15) is 0 Å². The highest BCUT2D eigenvalue weighted by atomic mass is 35.5. The number of rotatable bonds is 7. The van der Waals surface area contributed by atoms with E-state index in [1.807, 2.05) is 24.3 Å². The first-order valence-electron chi connectivity index (χ1n) is 6.18. The SMILES string of the molecule is C[C@H](Cc1ccccc1Cl)C[C@H](CN)CC(=O)O. The van der Waals surface area contributed by atoms with Crippen LogP contribution in [0.25, 0.3) is 0 Å². The van der Waals surface area contributed by atoms with E-state index < -0.39 is 5.97 Å². The number of aliphatic carboxylic acids is 1. The molecule has 0 amide bonds. The summed E-state index contributed by atoms with van der Waals surface area (Å²) in [5, 5.41) is 9.56. The summed E-state index contributed by atoms with van der Waals surface area (Å²) in [7, 11) is 0. The third-order valence-electron chi connectivity index (χ3n) is 3.06.